The van der Waals surface area contributed by atoms with Crippen LogP contribution in [0, 0.1) is 87.0 Å². The molecule has 36 heavy (non-hydrogen) atoms. The van der Waals surface area contributed by atoms with E-state index in [4.69, 9.17) is 32.5 Å². The number of nitrogens with zero attached hydrogens (tertiary/aromatic N) is 4. The highest BCUT2D eigenvalue weighted by molar-refractivity contribution is 5.95. The molecule has 0 atom stereocenters. The first-order valence-electron chi connectivity index (χ1n) is 9.43. The van der Waals surface area contributed by atoms with Crippen molar-refractivity contribution in [3.05, 3.63) is 68.9 Å². The number of carbonyl (C=O) groups is 1. The second kappa shape index (κ2) is 25.3. The minimum atomic E-state index is -0.248. The van der Waals surface area contributed by atoms with Crippen LogP contribution in [0.5, 0.6) is 0 Å². The van der Waals surface area contributed by atoms with Gasteiger partial charge in [0.2, 0.25) is 0 Å². The number of hydrogen-bond acceptors (Lipinski definition) is 7. The zero-order valence-corrected chi connectivity index (χ0v) is 19.0. The molecule has 0 aliphatic rings. The van der Waals surface area contributed by atoms with Crippen molar-refractivity contribution in [3.63, 3.8) is 0 Å². The lowest BCUT2D eigenvalue weighted by Crippen LogP contribution is -2.26. The van der Waals surface area contributed by atoms with E-state index in [1.165, 1.54) is 6.20 Å². The largest absolute Gasteiger partial charge is 0.395 e. The molecule has 0 fully saturated rings. The van der Waals surface area contributed by atoms with Crippen molar-refractivity contribution in [3.8, 4) is 82.7 Å². The van der Waals surface area contributed by atoms with E-state index < -0.39 is 0 Å². The fraction of sp³-hybridized carbons (Fsp3) is 0.115. The number of aliphatic hydroxyl groups excluding tert-OH is 1. The molecule has 10 nitrogen and oxygen atoms in total. The third-order valence-electron chi connectivity index (χ3n) is 3.09. The fourth-order valence-corrected chi connectivity index (χ4v) is 1.84. The molecule has 10 heteroatoms. The van der Waals surface area contributed by atoms with Gasteiger partial charge in [-0.15, -0.1) is 12.0 Å². The van der Waals surface area contributed by atoms with E-state index in [9.17, 15) is 4.79 Å². The van der Waals surface area contributed by atoms with Crippen LogP contribution in [0.3, 0.4) is 0 Å². The number of nitrogens with one attached hydrogen (secondary N) is 2. The first kappa shape index (κ1) is 32.2. The lowest BCUT2D eigenvalue weighted by Gasteiger charge is -2.05. The molecular weight excluding hydrogens is 460 g/mol. The summed E-state index contributed by atoms with van der Waals surface area (Å²) in [5, 5.41) is 11.2. The van der Waals surface area contributed by atoms with Gasteiger partial charge in [-0.3, -0.25) is 14.8 Å². The first-order chi connectivity index (χ1) is 17.6. The molecule has 184 valence electrons. The van der Waals surface area contributed by atoms with Crippen LogP contribution in [0.4, 0.5) is 0 Å². The summed E-state index contributed by atoms with van der Waals surface area (Å²) in [5.74, 6) is 26.7. The molecule has 2 heterocycles. The highest BCUT2D eigenvalue weighted by Crippen LogP contribution is 2.17. The summed E-state index contributed by atoms with van der Waals surface area (Å²) in [4.78, 5) is 35.5. The molecule has 3 N–H and O–H groups in total. The van der Waals surface area contributed by atoms with Gasteiger partial charge in [0.05, 0.1) is 12.2 Å². The van der Waals surface area contributed by atoms with Crippen LogP contribution in [0.1, 0.15) is 23.0 Å². The highest BCUT2D eigenvalue weighted by atomic mass is 16.7. The molecule has 0 aromatic carbocycles. The zero-order chi connectivity index (χ0) is 27.3. The molecule has 0 spiro atoms. The number of aromatic nitrogens is 2. The Labute approximate surface area is 214 Å². The molecule has 0 aliphatic heterocycles. The molecule has 2 aromatic heterocycles. The number of terminal acetylenes is 1. The normalized spacial score (nSPS) is 6.69. The Balaban J connectivity index is -0.000000118. The average Bonchev–Trinajstić information content (AvgIpc) is 2.93. The number of hydrogen-bond donors (Lipinski definition) is 3. The molecule has 0 aliphatic carbocycles. The Bertz CT molecular complexity index is 1370. The van der Waals surface area contributed by atoms with Gasteiger partial charge in [0.1, 0.15) is 0 Å². The third kappa shape index (κ3) is 17.7. The van der Waals surface area contributed by atoms with Crippen LogP contribution in [0.2, 0.25) is 0 Å². The second-order valence-corrected chi connectivity index (χ2v) is 5.30. The van der Waals surface area contributed by atoms with Crippen LogP contribution >= 0.6 is 0 Å². The summed E-state index contributed by atoms with van der Waals surface area (Å²) in [6, 6.07) is 5.48. The van der Waals surface area contributed by atoms with Crippen molar-refractivity contribution in [2.45, 2.75) is 6.92 Å². The Hall–Kier alpha value is -6.00. The molecule has 0 saturated heterocycles. The molecule has 0 unspecified atom stereocenters. The van der Waals surface area contributed by atoms with Crippen LogP contribution in [-0.2, 0) is 0 Å². The maximum absolute atomic E-state index is 11.7. The Morgan fingerprint density at radius 3 is 2.11 bits per heavy atom. The van der Waals surface area contributed by atoms with Gasteiger partial charge in [0.25, 0.3) is 5.91 Å². The number of carbonyl (C=O) groups excluding carboxylic acids is 1. The predicted octanol–water partition coefficient (Wildman–Crippen LogP) is 3.45. The van der Waals surface area contributed by atoms with Gasteiger partial charge >= 0.3 is 0 Å². The SMILES string of the molecule is C#CC#CC#CC#CC#CC#CC.O=C(NCCO)c1cncc(-c2cccnc2)c1.O=O.[HH].[HH].[HH].[HH].[N-]=[N+]=N. The second-order valence-electron chi connectivity index (χ2n) is 5.30. The van der Waals surface area contributed by atoms with E-state index in [-0.39, 0.29) is 24.8 Å². The molecule has 0 radical (unpaired) electrons. The summed E-state index contributed by atoms with van der Waals surface area (Å²) in [5.41, 5.74) is 14.5. The van der Waals surface area contributed by atoms with Gasteiger partial charge in [-0.25, -0.2) is 0 Å². The average molecular weight is 487 g/mol. The Morgan fingerprint density at radius 1 is 1.06 bits per heavy atom. The van der Waals surface area contributed by atoms with Gasteiger partial charge in [-0.1, -0.05) is 12.0 Å². The Morgan fingerprint density at radius 2 is 1.61 bits per heavy atom. The van der Waals surface area contributed by atoms with Crippen LogP contribution < -0.4 is 5.32 Å². The van der Waals surface area contributed by atoms with Crippen molar-refractivity contribution < 1.29 is 15.6 Å². The molecule has 1 amide bonds. The maximum Gasteiger partial charge on any atom is 0.252 e. The topological polar surface area (TPSA) is 170 Å². The smallest absolute Gasteiger partial charge is 0.252 e. The summed E-state index contributed by atoms with van der Waals surface area (Å²) in [7, 11) is 0. The Kier molecular flexibility index (Phi) is 22.6. The van der Waals surface area contributed by atoms with Gasteiger partial charge in [-0.2, -0.15) is 0 Å². The van der Waals surface area contributed by atoms with Crippen molar-refractivity contribution in [1.82, 2.24) is 15.3 Å². The predicted molar refractivity (Wildman–Crippen MR) is 145 cm³/mol. The van der Waals surface area contributed by atoms with E-state index in [0.717, 1.165) is 11.1 Å². The van der Waals surface area contributed by atoms with E-state index >= 15 is 0 Å². The van der Waals surface area contributed by atoms with Gasteiger partial charge in [0, 0.05) is 58.1 Å². The molecule has 2 aromatic rings. The van der Waals surface area contributed by atoms with Gasteiger partial charge in [0.15, 0.2) is 0 Å². The lowest BCUT2D eigenvalue weighted by atomic mass is 10.1. The number of amides is 1. The molecule has 0 saturated carbocycles. The quantitative estimate of drug-likeness (QED) is 0.259. The van der Waals surface area contributed by atoms with E-state index in [1.807, 2.05) is 12.1 Å². The molecule has 0 bridgehead atoms. The minimum absolute atomic E-state index is 0. The van der Waals surface area contributed by atoms with Crippen molar-refractivity contribution in [1.29, 1.82) is 5.53 Å². The summed E-state index contributed by atoms with van der Waals surface area (Å²) in [6.45, 7) is 1.86. The van der Waals surface area contributed by atoms with Gasteiger partial charge in [-0.05, 0) is 88.7 Å². The van der Waals surface area contributed by atoms with Crippen molar-refractivity contribution >= 4 is 5.91 Å². The zero-order valence-electron chi connectivity index (χ0n) is 19.0. The standard InChI is InChI=1S/C13H13N3O2.C13H4.HN3.O2.4H2/c17-5-4-16-13(18)12-6-11(8-15-9-12)10-2-1-3-14-7-10;1-3-5-7-9-11-13-12-10-8-6-4-2;1-3-2;1-2;;;;/h1-3,6-9,17H,4-5H2,(H,16,18);1H,2H3;1H;;4*1H. The van der Waals surface area contributed by atoms with E-state index in [0.29, 0.717) is 5.56 Å². The monoisotopic (exact) mass is 486 g/mol. The summed E-state index contributed by atoms with van der Waals surface area (Å²) in [6.07, 6.45) is 11.4. The van der Waals surface area contributed by atoms with Crippen molar-refractivity contribution in [2.24, 2.45) is 0 Å². The number of pyridine rings is 2. The van der Waals surface area contributed by atoms with Crippen LogP contribution in [0.15, 0.2) is 43.0 Å². The molecule has 2 rings (SSSR count). The van der Waals surface area contributed by atoms with Crippen molar-refractivity contribution in [2.75, 3.05) is 13.2 Å². The van der Waals surface area contributed by atoms with Crippen LogP contribution in [-0.4, -0.2) is 34.1 Å². The lowest BCUT2D eigenvalue weighted by molar-refractivity contribution is 0.0944. The third-order valence-corrected chi connectivity index (χ3v) is 3.09. The highest BCUT2D eigenvalue weighted by Gasteiger charge is 2.07. The fourth-order valence-electron chi connectivity index (χ4n) is 1.84. The maximum atomic E-state index is 11.7. The van der Waals surface area contributed by atoms with E-state index in [1.54, 1.807) is 36.5 Å². The minimum Gasteiger partial charge on any atom is -0.395 e. The van der Waals surface area contributed by atoms with E-state index in [2.05, 4.69) is 80.4 Å². The number of aliphatic hydroxyl groups is 1. The van der Waals surface area contributed by atoms with Crippen LogP contribution in [0.25, 0.3) is 21.6 Å². The van der Waals surface area contributed by atoms with Gasteiger partial charge < -0.3 is 10.4 Å². The summed E-state index contributed by atoms with van der Waals surface area (Å²) < 4.78 is 0. The summed E-state index contributed by atoms with van der Waals surface area (Å²) >= 11 is 0. The number of rotatable bonds is 4. The molecular formula is C26H26N6O4. The first-order valence-corrected chi connectivity index (χ1v) is 9.43.